The summed E-state index contributed by atoms with van der Waals surface area (Å²) in [4.78, 5) is 17.6. The standard InChI is InChI=1S/C18H23F4N3O/c1-23(2)17(26)25-9-12-3-5-15(11-25)24(8-12)10-13-7-14(19)4-6-16(13)18(20,21)22/h4,6-7,12,15H,3,5,8-11H2,1-2H3/t12-,15-/m1/s1. The highest BCUT2D eigenvalue weighted by Crippen LogP contribution is 2.35. The molecule has 2 amide bonds. The number of nitrogens with zero attached hydrogens (tertiary/aromatic N) is 3. The number of urea groups is 1. The molecule has 1 aromatic carbocycles. The van der Waals surface area contributed by atoms with Crippen LogP contribution in [0.2, 0.25) is 0 Å². The Morgan fingerprint density at radius 1 is 1.19 bits per heavy atom. The Balaban J connectivity index is 1.82. The number of alkyl halides is 3. The van der Waals surface area contributed by atoms with Gasteiger partial charge in [-0.2, -0.15) is 13.2 Å². The lowest BCUT2D eigenvalue weighted by molar-refractivity contribution is -0.138. The second-order valence-electron chi connectivity index (χ2n) is 7.41. The molecule has 0 N–H and O–H groups in total. The molecule has 0 aromatic heterocycles. The lowest BCUT2D eigenvalue weighted by atomic mass is 9.94. The van der Waals surface area contributed by atoms with Crippen LogP contribution in [0.3, 0.4) is 0 Å². The predicted molar refractivity (Wildman–Crippen MR) is 89.0 cm³/mol. The normalized spacial score (nSPS) is 23.8. The number of carbonyl (C=O) groups is 1. The van der Waals surface area contributed by atoms with E-state index in [-0.39, 0.29) is 30.1 Å². The molecule has 0 unspecified atom stereocenters. The summed E-state index contributed by atoms with van der Waals surface area (Å²) in [6, 6.07) is 2.54. The van der Waals surface area contributed by atoms with Gasteiger partial charge in [0.2, 0.25) is 0 Å². The minimum Gasteiger partial charge on any atom is -0.331 e. The molecular formula is C18H23F4N3O. The number of halogens is 4. The molecule has 3 fully saturated rings. The fraction of sp³-hybridized carbons (Fsp3) is 0.611. The first-order chi connectivity index (χ1) is 12.1. The maximum Gasteiger partial charge on any atom is 0.416 e. The van der Waals surface area contributed by atoms with Crippen molar-refractivity contribution in [2.24, 2.45) is 5.92 Å². The van der Waals surface area contributed by atoms with Gasteiger partial charge in [0.15, 0.2) is 0 Å². The van der Waals surface area contributed by atoms with Crippen LogP contribution in [-0.2, 0) is 12.7 Å². The average Bonchev–Trinajstić information content (AvgIpc) is 2.84. The van der Waals surface area contributed by atoms with Crippen molar-refractivity contribution < 1.29 is 22.4 Å². The van der Waals surface area contributed by atoms with E-state index < -0.39 is 17.6 Å². The van der Waals surface area contributed by atoms with Crippen molar-refractivity contribution >= 4 is 6.03 Å². The highest BCUT2D eigenvalue weighted by atomic mass is 19.4. The van der Waals surface area contributed by atoms with E-state index in [1.807, 2.05) is 4.90 Å². The van der Waals surface area contributed by atoms with Crippen LogP contribution < -0.4 is 0 Å². The maximum absolute atomic E-state index is 13.6. The SMILES string of the molecule is CN(C)C(=O)N1C[C@@H]2CC[C@H](C1)N(Cc1cc(F)ccc1C(F)(F)F)C2. The van der Waals surface area contributed by atoms with E-state index >= 15 is 0 Å². The van der Waals surface area contributed by atoms with Gasteiger partial charge in [0.1, 0.15) is 5.82 Å². The largest absolute Gasteiger partial charge is 0.416 e. The minimum absolute atomic E-state index is 0.0120. The Hall–Kier alpha value is -1.83. The molecule has 26 heavy (non-hydrogen) atoms. The van der Waals surface area contributed by atoms with E-state index in [0.29, 0.717) is 19.6 Å². The van der Waals surface area contributed by atoms with Crippen LogP contribution in [0.5, 0.6) is 0 Å². The molecule has 0 aliphatic carbocycles. The highest BCUT2D eigenvalue weighted by molar-refractivity contribution is 5.74. The van der Waals surface area contributed by atoms with Crippen LogP contribution in [-0.4, -0.2) is 60.5 Å². The number of hydrogen-bond acceptors (Lipinski definition) is 2. The number of fused-ring (bicyclic) bond motifs is 4. The fourth-order valence-corrected chi connectivity index (χ4v) is 4.00. The van der Waals surface area contributed by atoms with E-state index in [2.05, 4.69) is 0 Å². The molecule has 3 heterocycles. The lowest BCUT2D eigenvalue weighted by Gasteiger charge is -2.36. The zero-order chi connectivity index (χ0) is 19.1. The van der Waals surface area contributed by atoms with Gasteiger partial charge in [-0.25, -0.2) is 9.18 Å². The molecule has 1 aromatic rings. The molecule has 2 bridgehead atoms. The van der Waals surface area contributed by atoms with Crippen molar-refractivity contribution in [2.45, 2.75) is 31.6 Å². The Labute approximate surface area is 150 Å². The summed E-state index contributed by atoms with van der Waals surface area (Å²) in [6.07, 6.45) is -2.73. The summed E-state index contributed by atoms with van der Waals surface area (Å²) >= 11 is 0. The quantitative estimate of drug-likeness (QED) is 0.743. The molecule has 3 aliphatic heterocycles. The van der Waals surface area contributed by atoms with E-state index in [1.54, 1.807) is 19.0 Å². The summed E-state index contributed by atoms with van der Waals surface area (Å²) in [6.45, 7) is 1.76. The zero-order valence-electron chi connectivity index (χ0n) is 14.9. The van der Waals surface area contributed by atoms with E-state index in [4.69, 9.17) is 0 Å². The molecule has 3 saturated heterocycles. The number of rotatable bonds is 2. The van der Waals surface area contributed by atoms with Gasteiger partial charge < -0.3 is 9.80 Å². The lowest BCUT2D eigenvalue weighted by Crippen LogP contribution is -2.45. The van der Waals surface area contributed by atoms with Crippen LogP contribution in [0.4, 0.5) is 22.4 Å². The Kier molecular flexibility index (Phi) is 5.14. The summed E-state index contributed by atoms with van der Waals surface area (Å²) < 4.78 is 53.3. The number of carbonyl (C=O) groups excluding carboxylic acids is 1. The van der Waals surface area contributed by atoms with Crippen molar-refractivity contribution in [1.82, 2.24) is 14.7 Å². The van der Waals surface area contributed by atoms with Crippen LogP contribution in [0.1, 0.15) is 24.0 Å². The van der Waals surface area contributed by atoms with Crippen molar-refractivity contribution in [3.63, 3.8) is 0 Å². The van der Waals surface area contributed by atoms with Crippen LogP contribution in [0.25, 0.3) is 0 Å². The van der Waals surface area contributed by atoms with Crippen molar-refractivity contribution in [3.8, 4) is 0 Å². The topological polar surface area (TPSA) is 26.8 Å². The highest BCUT2D eigenvalue weighted by Gasteiger charge is 2.39. The van der Waals surface area contributed by atoms with Gasteiger partial charge in [-0.15, -0.1) is 0 Å². The first-order valence-electron chi connectivity index (χ1n) is 8.71. The van der Waals surface area contributed by atoms with Gasteiger partial charge >= 0.3 is 12.2 Å². The molecule has 2 atom stereocenters. The molecule has 8 heteroatoms. The number of amides is 2. The Bertz CT molecular complexity index is 677. The third-order valence-electron chi connectivity index (χ3n) is 5.23. The van der Waals surface area contributed by atoms with Crippen molar-refractivity contribution in [2.75, 3.05) is 33.7 Å². The van der Waals surface area contributed by atoms with Gasteiger partial charge in [0, 0.05) is 46.3 Å². The predicted octanol–water partition coefficient (Wildman–Crippen LogP) is 3.42. The smallest absolute Gasteiger partial charge is 0.331 e. The second-order valence-corrected chi connectivity index (χ2v) is 7.41. The van der Waals surface area contributed by atoms with E-state index in [0.717, 1.165) is 31.0 Å². The second kappa shape index (κ2) is 7.06. The minimum atomic E-state index is -4.51. The van der Waals surface area contributed by atoms with Crippen LogP contribution >= 0.6 is 0 Å². The molecule has 144 valence electrons. The van der Waals surface area contributed by atoms with Gasteiger partial charge in [-0.05, 0) is 42.5 Å². The summed E-state index contributed by atoms with van der Waals surface area (Å²) in [5, 5.41) is 0. The number of hydrogen-bond donors (Lipinski definition) is 0. The van der Waals surface area contributed by atoms with Crippen LogP contribution in [0.15, 0.2) is 18.2 Å². The molecule has 4 nitrogen and oxygen atoms in total. The third-order valence-corrected chi connectivity index (χ3v) is 5.23. The van der Waals surface area contributed by atoms with E-state index in [9.17, 15) is 22.4 Å². The van der Waals surface area contributed by atoms with Gasteiger partial charge in [-0.1, -0.05) is 0 Å². The van der Waals surface area contributed by atoms with Gasteiger partial charge in [0.05, 0.1) is 5.56 Å². The zero-order valence-corrected chi connectivity index (χ0v) is 14.9. The van der Waals surface area contributed by atoms with Crippen molar-refractivity contribution in [3.05, 3.63) is 35.1 Å². The third kappa shape index (κ3) is 3.95. The molecule has 3 aliphatic rings. The number of piperidine rings is 1. The number of benzene rings is 1. The van der Waals surface area contributed by atoms with Crippen LogP contribution in [0, 0.1) is 11.7 Å². The molecular weight excluding hydrogens is 350 g/mol. The average molecular weight is 373 g/mol. The van der Waals surface area contributed by atoms with Gasteiger partial charge in [-0.3, -0.25) is 4.90 Å². The Morgan fingerprint density at radius 3 is 2.58 bits per heavy atom. The maximum atomic E-state index is 13.6. The molecule has 0 radical (unpaired) electrons. The summed E-state index contributed by atoms with van der Waals surface area (Å²) in [5.41, 5.74) is -0.837. The molecule has 0 spiro atoms. The Morgan fingerprint density at radius 2 is 1.92 bits per heavy atom. The first-order valence-corrected chi connectivity index (χ1v) is 8.71. The summed E-state index contributed by atoms with van der Waals surface area (Å²) in [5.74, 6) is -0.446. The van der Waals surface area contributed by atoms with Gasteiger partial charge in [0.25, 0.3) is 0 Å². The first kappa shape index (κ1) is 18.9. The fourth-order valence-electron chi connectivity index (χ4n) is 4.00. The molecule has 4 rings (SSSR count). The molecule has 0 saturated carbocycles. The monoisotopic (exact) mass is 373 g/mol. The van der Waals surface area contributed by atoms with E-state index in [1.165, 1.54) is 4.90 Å². The van der Waals surface area contributed by atoms with Crippen molar-refractivity contribution in [1.29, 1.82) is 0 Å². The summed E-state index contributed by atoms with van der Waals surface area (Å²) in [7, 11) is 3.38.